The average Bonchev–Trinajstić information content (AvgIpc) is 2.45. The van der Waals surface area contributed by atoms with Crippen LogP contribution in [0.25, 0.3) is 0 Å². The van der Waals surface area contributed by atoms with E-state index in [2.05, 4.69) is 37.4 Å². The van der Waals surface area contributed by atoms with Crippen LogP contribution in [0.15, 0.2) is 24.3 Å². The Morgan fingerprint density at radius 3 is 2.74 bits per heavy atom. The molecular formula is C16H24N2O. The Bertz CT molecular complexity index is 398. The zero-order chi connectivity index (χ0) is 13.9. The Balaban J connectivity index is 2.59. The Labute approximate surface area is 116 Å². The van der Waals surface area contributed by atoms with E-state index in [1.165, 1.54) is 5.56 Å². The van der Waals surface area contributed by atoms with Crippen LogP contribution in [0.3, 0.4) is 0 Å². The summed E-state index contributed by atoms with van der Waals surface area (Å²) in [6, 6.07) is 10.7. The number of nitrogens with zero attached hydrogens (tertiary/aromatic N) is 1. The van der Waals surface area contributed by atoms with Gasteiger partial charge in [0.15, 0.2) is 0 Å². The van der Waals surface area contributed by atoms with Crippen LogP contribution in [0.2, 0.25) is 0 Å². The maximum Gasteiger partial charge on any atom is 0.124 e. The minimum absolute atomic E-state index is 0.348. The molecule has 0 saturated carbocycles. The third-order valence-corrected chi connectivity index (χ3v) is 3.09. The lowest BCUT2D eigenvalue weighted by Crippen LogP contribution is -2.20. The van der Waals surface area contributed by atoms with Gasteiger partial charge in [0.1, 0.15) is 5.75 Å². The van der Waals surface area contributed by atoms with Crippen LogP contribution in [-0.2, 0) is 0 Å². The molecule has 0 bridgehead atoms. The van der Waals surface area contributed by atoms with Crippen molar-refractivity contribution in [3.8, 4) is 11.8 Å². The van der Waals surface area contributed by atoms with Crippen LogP contribution in [0.4, 0.5) is 0 Å². The molecule has 1 atom stereocenters. The normalized spacial score (nSPS) is 11.8. The maximum absolute atomic E-state index is 8.49. The smallest absolute Gasteiger partial charge is 0.124 e. The highest BCUT2D eigenvalue weighted by molar-refractivity contribution is 5.35. The van der Waals surface area contributed by atoms with Gasteiger partial charge in [-0.1, -0.05) is 32.0 Å². The molecule has 1 N–H and O–H groups in total. The maximum atomic E-state index is 8.49. The minimum atomic E-state index is 0.348. The van der Waals surface area contributed by atoms with Gasteiger partial charge in [-0.05, 0) is 31.9 Å². The first-order chi connectivity index (χ1) is 9.33. The van der Waals surface area contributed by atoms with Gasteiger partial charge in [0, 0.05) is 18.0 Å². The lowest BCUT2D eigenvalue weighted by atomic mass is 10.0. The Morgan fingerprint density at radius 2 is 2.05 bits per heavy atom. The molecule has 0 heterocycles. The van der Waals surface area contributed by atoms with E-state index in [9.17, 15) is 0 Å². The van der Waals surface area contributed by atoms with E-state index >= 15 is 0 Å². The number of hydrogen-bond donors (Lipinski definition) is 1. The molecule has 0 saturated heterocycles. The Morgan fingerprint density at radius 1 is 1.26 bits per heavy atom. The van der Waals surface area contributed by atoms with Gasteiger partial charge in [-0.3, -0.25) is 0 Å². The van der Waals surface area contributed by atoms with Crippen LogP contribution in [0, 0.1) is 11.3 Å². The van der Waals surface area contributed by atoms with Crippen molar-refractivity contribution < 1.29 is 4.74 Å². The molecule has 0 aliphatic heterocycles. The summed E-state index contributed by atoms with van der Waals surface area (Å²) in [5, 5.41) is 12.0. The molecule has 1 aromatic carbocycles. The van der Waals surface area contributed by atoms with E-state index in [1.807, 2.05) is 12.1 Å². The van der Waals surface area contributed by atoms with Gasteiger partial charge < -0.3 is 10.1 Å². The van der Waals surface area contributed by atoms with E-state index in [0.29, 0.717) is 19.1 Å². The molecule has 0 amide bonds. The zero-order valence-electron chi connectivity index (χ0n) is 12.0. The molecule has 0 radical (unpaired) electrons. The molecular weight excluding hydrogens is 236 g/mol. The van der Waals surface area contributed by atoms with Gasteiger partial charge in [-0.25, -0.2) is 0 Å². The molecule has 1 aromatic rings. The van der Waals surface area contributed by atoms with Gasteiger partial charge in [0.25, 0.3) is 0 Å². The second kappa shape index (κ2) is 9.41. The number of para-hydroxylation sites is 1. The molecule has 19 heavy (non-hydrogen) atoms. The van der Waals surface area contributed by atoms with Crippen molar-refractivity contribution in [2.45, 2.75) is 45.6 Å². The molecule has 1 rings (SSSR count). The summed E-state index contributed by atoms with van der Waals surface area (Å²) in [7, 11) is 0. The number of unbranched alkanes of at least 4 members (excludes halogenated alkanes) is 2. The number of nitrogens with one attached hydrogen (secondary N) is 1. The van der Waals surface area contributed by atoms with Crippen LogP contribution in [-0.4, -0.2) is 13.2 Å². The lowest BCUT2D eigenvalue weighted by molar-refractivity contribution is 0.300. The molecule has 1 unspecified atom stereocenters. The van der Waals surface area contributed by atoms with Gasteiger partial charge >= 0.3 is 0 Å². The van der Waals surface area contributed by atoms with Crippen molar-refractivity contribution in [3.05, 3.63) is 29.8 Å². The predicted octanol–water partition coefficient (Wildman–Crippen LogP) is 3.82. The molecule has 0 aliphatic carbocycles. The largest absolute Gasteiger partial charge is 0.493 e. The number of rotatable bonds is 9. The molecule has 0 aliphatic rings. The van der Waals surface area contributed by atoms with Crippen LogP contribution >= 0.6 is 0 Å². The van der Waals surface area contributed by atoms with E-state index in [1.54, 1.807) is 0 Å². The fourth-order valence-electron chi connectivity index (χ4n) is 2.11. The molecule has 0 fully saturated rings. The summed E-state index contributed by atoms with van der Waals surface area (Å²) in [5.41, 5.74) is 1.23. The van der Waals surface area contributed by atoms with Gasteiger partial charge in [0.2, 0.25) is 0 Å². The molecule has 0 aromatic heterocycles. The van der Waals surface area contributed by atoms with Gasteiger partial charge in [-0.2, -0.15) is 5.26 Å². The van der Waals surface area contributed by atoms with Gasteiger partial charge in [0.05, 0.1) is 12.7 Å². The highest BCUT2D eigenvalue weighted by atomic mass is 16.5. The first kappa shape index (κ1) is 15.5. The monoisotopic (exact) mass is 260 g/mol. The second-order valence-corrected chi connectivity index (χ2v) is 4.52. The average molecular weight is 260 g/mol. The number of ether oxygens (including phenoxy) is 1. The Kier molecular flexibility index (Phi) is 7.69. The summed E-state index contributed by atoms with van der Waals surface area (Å²) in [4.78, 5) is 0. The summed E-state index contributed by atoms with van der Waals surface area (Å²) in [6.07, 6.45) is 3.49. The van der Waals surface area contributed by atoms with E-state index < -0.39 is 0 Å². The lowest BCUT2D eigenvalue weighted by Gasteiger charge is -2.20. The number of benzene rings is 1. The molecule has 3 heteroatoms. The highest BCUT2D eigenvalue weighted by Crippen LogP contribution is 2.27. The third-order valence-electron chi connectivity index (χ3n) is 3.09. The van der Waals surface area contributed by atoms with E-state index in [0.717, 1.165) is 31.6 Å². The fraction of sp³-hybridized carbons (Fsp3) is 0.562. The molecule has 104 valence electrons. The van der Waals surface area contributed by atoms with Crippen molar-refractivity contribution >= 4 is 0 Å². The summed E-state index contributed by atoms with van der Waals surface area (Å²) in [6.45, 7) is 5.93. The number of nitriles is 1. The Hall–Kier alpha value is -1.53. The first-order valence-corrected chi connectivity index (χ1v) is 7.15. The van der Waals surface area contributed by atoms with Crippen molar-refractivity contribution in [1.29, 1.82) is 5.26 Å². The SMILES string of the molecule is CCNC(CC)c1ccccc1OCCCCC#N. The van der Waals surface area contributed by atoms with Crippen molar-refractivity contribution in [2.24, 2.45) is 0 Å². The summed E-state index contributed by atoms with van der Waals surface area (Å²) >= 11 is 0. The zero-order valence-corrected chi connectivity index (χ0v) is 12.0. The van der Waals surface area contributed by atoms with E-state index in [-0.39, 0.29) is 0 Å². The van der Waals surface area contributed by atoms with Crippen LogP contribution in [0.1, 0.15) is 51.1 Å². The quantitative estimate of drug-likeness (QED) is 0.686. The highest BCUT2D eigenvalue weighted by Gasteiger charge is 2.12. The van der Waals surface area contributed by atoms with Crippen LogP contribution in [0.5, 0.6) is 5.75 Å². The minimum Gasteiger partial charge on any atom is -0.493 e. The fourth-order valence-corrected chi connectivity index (χ4v) is 2.11. The standard InChI is InChI=1S/C16H24N2O/c1-3-15(18-4-2)14-10-6-7-11-16(14)19-13-9-5-8-12-17/h6-7,10-11,15,18H,3-5,8-9,13H2,1-2H3. The van der Waals surface area contributed by atoms with E-state index in [4.69, 9.17) is 10.00 Å². The molecule has 0 spiro atoms. The van der Waals surface area contributed by atoms with Crippen molar-refractivity contribution in [1.82, 2.24) is 5.32 Å². The van der Waals surface area contributed by atoms with Crippen molar-refractivity contribution in [2.75, 3.05) is 13.2 Å². The van der Waals surface area contributed by atoms with Crippen molar-refractivity contribution in [3.63, 3.8) is 0 Å². The second-order valence-electron chi connectivity index (χ2n) is 4.52. The summed E-state index contributed by atoms with van der Waals surface area (Å²) in [5.74, 6) is 0.965. The predicted molar refractivity (Wildman–Crippen MR) is 78.1 cm³/mol. The topological polar surface area (TPSA) is 45.0 Å². The third kappa shape index (κ3) is 5.32. The first-order valence-electron chi connectivity index (χ1n) is 7.15. The molecule has 3 nitrogen and oxygen atoms in total. The van der Waals surface area contributed by atoms with Gasteiger partial charge in [-0.15, -0.1) is 0 Å². The number of hydrogen-bond acceptors (Lipinski definition) is 3. The summed E-state index contributed by atoms with van der Waals surface area (Å²) < 4.78 is 5.86. The van der Waals surface area contributed by atoms with Crippen LogP contribution < -0.4 is 10.1 Å².